The van der Waals surface area contributed by atoms with Crippen LogP contribution in [-0.4, -0.2) is 7.05 Å². The van der Waals surface area contributed by atoms with Crippen molar-refractivity contribution in [2.45, 2.75) is 26.8 Å². The first-order chi connectivity index (χ1) is 9.40. The Hall–Kier alpha value is -1.87. The second-order valence-corrected chi connectivity index (χ2v) is 5.34. The molecule has 20 heavy (non-hydrogen) atoms. The quantitative estimate of drug-likeness (QED) is 0.906. The maximum absolute atomic E-state index is 13.4. The van der Waals surface area contributed by atoms with E-state index < -0.39 is 0 Å². The number of hydrogen-bond acceptors (Lipinski definition) is 2. The standard InChI is InChI=1S/C17H21FN2/c1-11-5-7-16(12(2)9-11)20(4)17-8-6-14(18)10-15(17)13(3)19/h5-10,13H,19H2,1-4H3/t13-/m0/s1. The Morgan fingerprint density at radius 2 is 1.70 bits per heavy atom. The van der Waals surface area contributed by atoms with E-state index in [1.54, 1.807) is 6.07 Å². The predicted octanol–water partition coefficient (Wildman–Crippen LogP) is 4.23. The summed E-state index contributed by atoms with van der Waals surface area (Å²) in [7, 11) is 1.98. The third kappa shape index (κ3) is 2.83. The summed E-state index contributed by atoms with van der Waals surface area (Å²) >= 11 is 0. The van der Waals surface area contributed by atoms with Gasteiger partial charge in [0.15, 0.2) is 0 Å². The molecule has 0 saturated heterocycles. The van der Waals surface area contributed by atoms with Crippen LogP contribution in [0.5, 0.6) is 0 Å². The first-order valence-electron chi connectivity index (χ1n) is 6.76. The molecule has 2 aromatic carbocycles. The molecule has 0 bridgehead atoms. The van der Waals surface area contributed by atoms with Gasteiger partial charge in [0.25, 0.3) is 0 Å². The summed E-state index contributed by atoms with van der Waals surface area (Å²) in [5.41, 5.74) is 11.2. The molecule has 0 aromatic heterocycles. The molecule has 2 aromatic rings. The largest absolute Gasteiger partial charge is 0.344 e. The summed E-state index contributed by atoms with van der Waals surface area (Å²) in [6.45, 7) is 6.02. The molecule has 0 aliphatic carbocycles. The molecule has 0 spiro atoms. The fourth-order valence-electron chi connectivity index (χ4n) is 2.51. The molecule has 0 aliphatic heterocycles. The van der Waals surface area contributed by atoms with E-state index in [1.807, 2.05) is 14.0 Å². The van der Waals surface area contributed by atoms with E-state index in [1.165, 1.54) is 23.3 Å². The van der Waals surface area contributed by atoms with Gasteiger partial charge in [0, 0.05) is 24.5 Å². The van der Waals surface area contributed by atoms with Crippen LogP contribution < -0.4 is 10.6 Å². The van der Waals surface area contributed by atoms with E-state index >= 15 is 0 Å². The third-order valence-corrected chi connectivity index (χ3v) is 3.56. The molecular formula is C17H21FN2. The van der Waals surface area contributed by atoms with Crippen LogP contribution in [0.4, 0.5) is 15.8 Å². The molecule has 2 nitrogen and oxygen atoms in total. The van der Waals surface area contributed by atoms with Gasteiger partial charge in [-0.3, -0.25) is 0 Å². The Morgan fingerprint density at radius 1 is 1.05 bits per heavy atom. The van der Waals surface area contributed by atoms with Crippen LogP contribution in [0.25, 0.3) is 0 Å². The van der Waals surface area contributed by atoms with Gasteiger partial charge < -0.3 is 10.6 Å². The van der Waals surface area contributed by atoms with Crippen LogP contribution in [0, 0.1) is 19.7 Å². The van der Waals surface area contributed by atoms with Crippen molar-refractivity contribution in [2.24, 2.45) is 5.73 Å². The van der Waals surface area contributed by atoms with Gasteiger partial charge in [-0.2, -0.15) is 0 Å². The van der Waals surface area contributed by atoms with Gasteiger partial charge in [0.05, 0.1) is 0 Å². The molecule has 2 rings (SSSR count). The van der Waals surface area contributed by atoms with Crippen molar-refractivity contribution in [3.8, 4) is 0 Å². The van der Waals surface area contributed by atoms with Gasteiger partial charge >= 0.3 is 0 Å². The molecule has 0 radical (unpaired) electrons. The van der Waals surface area contributed by atoms with Gasteiger partial charge in [-0.1, -0.05) is 17.7 Å². The Bertz CT molecular complexity index is 620. The van der Waals surface area contributed by atoms with Gasteiger partial charge in [-0.05, 0) is 56.2 Å². The summed E-state index contributed by atoms with van der Waals surface area (Å²) in [6, 6.07) is 10.9. The van der Waals surface area contributed by atoms with Crippen molar-refractivity contribution < 1.29 is 4.39 Å². The first-order valence-corrected chi connectivity index (χ1v) is 6.76. The smallest absolute Gasteiger partial charge is 0.123 e. The van der Waals surface area contributed by atoms with Crippen molar-refractivity contribution in [3.63, 3.8) is 0 Å². The molecule has 0 unspecified atom stereocenters. The van der Waals surface area contributed by atoms with Crippen LogP contribution in [0.2, 0.25) is 0 Å². The van der Waals surface area contributed by atoms with E-state index in [0.29, 0.717) is 0 Å². The molecule has 1 atom stereocenters. The fourth-order valence-corrected chi connectivity index (χ4v) is 2.51. The lowest BCUT2D eigenvalue weighted by atomic mass is 10.0. The number of rotatable bonds is 3. The number of hydrogen-bond donors (Lipinski definition) is 1. The van der Waals surface area contributed by atoms with Crippen LogP contribution >= 0.6 is 0 Å². The number of anilines is 2. The minimum atomic E-state index is -0.255. The lowest BCUT2D eigenvalue weighted by molar-refractivity contribution is 0.622. The fraction of sp³-hybridized carbons (Fsp3) is 0.294. The highest BCUT2D eigenvalue weighted by atomic mass is 19.1. The zero-order chi connectivity index (χ0) is 14.9. The lowest BCUT2D eigenvalue weighted by Crippen LogP contribution is -2.16. The van der Waals surface area contributed by atoms with Gasteiger partial charge in [0.1, 0.15) is 5.82 Å². The van der Waals surface area contributed by atoms with Crippen molar-refractivity contribution in [3.05, 3.63) is 58.9 Å². The van der Waals surface area contributed by atoms with Crippen molar-refractivity contribution in [2.75, 3.05) is 11.9 Å². The second kappa shape index (κ2) is 5.63. The predicted molar refractivity (Wildman–Crippen MR) is 83.0 cm³/mol. The van der Waals surface area contributed by atoms with E-state index in [-0.39, 0.29) is 11.9 Å². The molecule has 2 N–H and O–H groups in total. The summed E-state index contributed by atoms with van der Waals surface area (Å²) in [4.78, 5) is 2.06. The third-order valence-electron chi connectivity index (χ3n) is 3.56. The maximum atomic E-state index is 13.4. The topological polar surface area (TPSA) is 29.3 Å². The number of nitrogens with zero attached hydrogens (tertiary/aromatic N) is 1. The normalized spacial score (nSPS) is 12.3. The van der Waals surface area contributed by atoms with Crippen LogP contribution in [0.15, 0.2) is 36.4 Å². The summed E-state index contributed by atoms with van der Waals surface area (Å²) < 4.78 is 13.4. The van der Waals surface area contributed by atoms with Crippen molar-refractivity contribution >= 4 is 11.4 Å². The minimum Gasteiger partial charge on any atom is -0.344 e. The van der Waals surface area contributed by atoms with Crippen molar-refractivity contribution in [1.82, 2.24) is 0 Å². The molecule has 0 fully saturated rings. The lowest BCUT2D eigenvalue weighted by Gasteiger charge is -2.26. The van der Waals surface area contributed by atoms with Crippen LogP contribution in [0.1, 0.15) is 29.7 Å². The molecule has 0 heterocycles. The summed E-state index contributed by atoms with van der Waals surface area (Å²) in [5, 5.41) is 0. The number of nitrogens with two attached hydrogens (primary N) is 1. The zero-order valence-electron chi connectivity index (χ0n) is 12.4. The van der Waals surface area contributed by atoms with Gasteiger partial charge in [-0.25, -0.2) is 4.39 Å². The second-order valence-electron chi connectivity index (χ2n) is 5.34. The number of halogens is 1. The first kappa shape index (κ1) is 14.5. The molecule has 0 saturated carbocycles. The van der Waals surface area contributed by atoms with Crippen LogP contribution in [-0.2, 0) is 0 Å². The van der Waals surface area contributed by atoms with E-state index in [4.69, 9.17) is 5.73 Å². The highest BCUT2D eigenvalue weighted by Gasteiger charge is 2.14. The monoisotopic (exact) mass is 272 g/mol. The highest BCUT2D eigenvalue weighted by Crippen LogP contribution is 2.32. The zero-order valence-corrected chi connectivity index (χ0v) is 12.4. The molecular weight excluding hydrogens is 251 g/mol. The van der Waals surface area contributed by atoms with Crippen molar-refractivity contribution in [1.29, 1.82) is 0 Å². The minimum absolute atomic E-state index is 0.214. The Balaban J connectivity index is 2.50. The summed E-state index contributed by atoms with van der Waals surface area (Å²) in [6.07, 6.45) is 0. The van der Waals surface area contributed by atoms with Gasteiger partial charge in [-0.15, -0.1) is 0 Å². The summed E-state index contributed by atoms with van der Waals surface area (Å²) in [5.74, 6) is -0.255. The van der Waals surface area contributed by atoms with E-state index in [2.05, 4.69) is 36.9 Å². The SMILES string of the molecule is Cc1ccc(N(C)c2ccc(F)cc2[C@H](C)N)c(C)c1. The van der Waals surface area contributed by atoms with E-state index in [9.17, 15) is 4.39 Å². The Kier molecular flexibility index (Phi) is 4.09. The van der Waals surface area contributed by atoms with Gasteiger partial charge in [0.2, 0.25) is 0 Å². The average molecular weight is 272 g/mol. The highest BCUT2D eigenvalue weighted by molar-refractivity contribution is 5.69. The Morgan fingerprint density at radius 3 is 2.30 bits per heavy atom. The molecule has 106 valence electrons. The maximum Gasteiger partial charge on any atom is 0.123 e. The number of aryl methyl sites for hydroxylation is 2. The number of benzene rings is 2. The molecule has 0 amide bonds. The van der Waals surface area contributed by atoms with Crippen LogP contribution in [0.3, 0.4) is 0 Å². The van der Waals surface area contributed by atoms with E-state index in [0.717, 1.165) is 16.9 Å². The molecule has 3 heteroatoms. The molecule has 0 aliphatic rings. The average Bonchev–Trinajstić information content (AvgIpc) is 2.37. The Labute approximate surface area is 120 Å².